The molecular formula is C31H36N4O2. The van der Waals surface area contributed by atoms with Gasteiger partial charge in [0.25, 0.3) is 0 Å². The van der Waals surface area contributed by atoms with E-state index >= 15 is 0 Å². The molecule has 2 aromatic heterocycles. The molecule has 0 unspecified atom stereocenters. The normalized spacial score (nSPS) is 21.8. The van der Waals surface area contributed by atoms with Crippen LogP contribution in [0.2, 0.25) is 0 Å². The fourth-order valence-corrected chi connectivity index (χ4v) is 6.82. The maximum atomic E-state index is 12.9. The van der Waals surface area contributed by atoms with Gasteiger partial charge in [0.15, 0.2) is 0 Å². The van der Waals surface area contributed by atoms with Crippen LogP contribution in [0.1, 0.15) is 73.5 Å². The number of nitrogens with one attached hydrogen (secondary N) is 2. The summed E-state index contributed by atoms with van der Waals surface area (Å²) in [5.41, 5.74) is 10.8. The summed E-state index contributed by atoms with van der Waals surface area (Å²) in [4.78, 5) is 29.0. The molecule has 192 valence electrons. The second kappa shape index (κ2) is 10.2. The number of nitrogens with zero attached hydrogens (tertiary/aromatic N) is 1. The van der Waals surface area contributed by atoms with E-state index in [-0.39, 0.29) is 11.8 Å². The number of hydrogen-bond donors (Lipinski definition) is 3. The fourth-order valence-electron chi connectivity index (χ4n) is 6.82. The van der Waals surface area contributed by atoms with Crippen molar-refractivity contribution in [3.05, 3.63) is 71.5 Å². The smallest absolute Gasteiger partial charge is 0.235 e. The van der Waals surface area contributed by atoms with E-state index in [0.717, 1.165) is 59.3 Å². The second-order valence-corrected chi connectivity index (χ2v) is 10.9. The number of H-pyrrole nitrogens is 1. The third kappa shape index (κ3) is 4.37. The number of amides is 2. The number of benzene rings is 2. The third-order valence-corrected chi connectivity index (χ3v) is 8.59. The SMILES string of the molecule is NCCC1CCCCC1.O=C1NC(=O)[C@@H](c2cn3c4c(cccc24)CCC3)[C@@H]1c1c[nH]c2ccccc12. The first-order valence-corrected chi connectivity index (χ1v) is 13.9. The lowest BCUT2D eigenvalue weighted by Crippen LogP contribution is -2.21. The molecule has 6 heteroatoms. The van der Waals surface area contributed by atoms with Gasteiger partial charge in [-0.05, 0) is 54.5 Å². The Hall–Kier alpha value is -3.38. The van der Waals surface area contributed by atoms with E-state index in [2.05, 4.69) is 39.3 Å². The number of aromatic amines is 1. The highest BCUT2D eigenvalue weighted by molar-refractivity contribution is 6.13. The van der Waals surface area contributed by atoms with Gasteiger partial charge in [0.2, 0.25) is 11.8 Å². The van der Waals surface area contributed by atoms with E-state index in [1.54, 1.807) is 0 Å². The lowest BCUT2D eigenvalue weighted by atomic mass is 9.83. The highest BCUT2D eigenvalue weighted by Crippen LogP contribution is 2.44. The molecule has 7 rings (SSSR count). The standard InChI is InChI=1S/C23H19N3O2.C8H17N/c27-22-19(16-11-24-18-9-2-1-7-14(16)18)20(23(28)25-22)17-12-26-10-4-6-13-5-3-8-15(17)21(13)26;9-7-6-8-4-2-1-3-5-8/h1-3,5,7-9,11-12,19-20,24H,4,6,10H2,(H,25,27,28);8H,1-7,9H2/t19-,20-;/m0./s1. The van der Waals surface area contributed by atoms with Crippen molar-refractivity contribution < 1.29 is 9.59 Å². The number of hydrogen-bond acceptors (Lipinski definition) is 3. The maximum absolute atomic E-state index is 12.9. The molecule has 37 heavy (non-hydrogen) atoms. The molecular weight excluding hydrogens is 460 g/mol. The number of nitrogens with two attached hydrogens (primary N) is 1. The Morgan fingerprint density at radius 3 is 2.43 bits per heavy atom. The lowest BCUT2D eigenvalue weighted by molar-refractivity contribution is -0.125. The highest BCUT2D eigenvalue weighted by atomic mass is 16.2. The number of aryl methyl sites for hydroxylation is 2. The topological polar surface area (TPSA) is 92.9 Å². The Bertz CT molecular complexity index is 1440. The number of carbonyl (C=O) groups excluding carboxylic acids is 2. The molecule has 2 atom stereocenters. The molecule has 6 nitrogen and oxygen atoms in total. The van der Waals surface area contributed by atoms with Gasteiger partial charge in [0, 0.05) is 35.2 Å². The molecule has 1 aliphatic carbocycles. The van der Waals surface area contributed by atoms with E-state index in [4.69, 9.17) is 5.73 Å². The Kier molecular flexibility index (Phi) is 6.59. The van der Waals surface area contributed by atoms with E-state index in [0.29, 0.717) is 0 Å². The van der Waals surface area contributed by atoms with Crippen LogP contribution < -0.4 is 11.1 Å². The minimum atomic E-state index is -0.521. The van der Waals surface area contributed by atoms with Crippen molar-refractivity contribution in [2.45, 2.75) is 69.7 Å². The second-order valence-electron chi connectivity index (χ2n) is 10.9. The fraction of sp³-hybridized carbons (Fsp3) is 0.419. The third-order valence-electron chi connectivity index (χ3n) is 8.59. The first-order chi connectivity index (χ1) is 18.2. The molecule has 4 aromatic rings. The van der Waals surface area contributed by atoms with Gasteiger partial charge in [0.05, 0.1) is 17.4 Å². The lowest BCUT2D eigenvalue weighted by Gasteiger charge is -2.20. The van der Waals surface area contributed by atoms with Crippen molar-refractivity contribution in [2.24, 2.45) is 11.7 Å². The quantitative estimate of drug-likeness (QED) is 0.325. The van der Waals surface area contributed by atoms with Crippen molar-refractivity contribution in [3.63, 3.8) is 0 Å². The molecule has 4 heterocycles. The average Bonchev–Trinajstić information content (AvgIpc) is 3.59. The predicted octanol–water partition coefficient (Wildman–Crippen LogP) is 5.51. The molecule has 2 fully saturated rings. The van der Waals surface area contributed by atoms with E-state index in [9.17, 15) is 9.59 Å². The molecule has 0 bridgehead atoms. The number of para-hydroxylation sites is 2. The van der Waals surface area contributed by atoms with Gasteiger partial charge >= 0.3 is 0 Å². The Labute approximate surface area is 217 Å². The Morgan fingerprint density at radius 2 is 1.62 bits per heavy atom. The first kappa shape index (κ1) is 24.0. The largest absolute Gasteiger partial charge is 0.361 e. The van der Waals surface area contributed by atoms with Gasteiger partial charge < -0.3 is 15.3 Å². The Morgan fingerprint density at radius 1 is 0.865 bits per heavy atom. The van der Waals surface area contributed by atoms with E-state index in [1.165, 1.54) is 49.6 Å². The van der Waals surface area contributed by atoms with Crippen LogP contribution in [0.15, 0.2) is 54.9 Å². The summed E-state index contributed by atoms with van der Waals surface area (Å²) in [7, 11) is 0. The number of fused-ring (bicyclic) bond motifs is 1. The molecule has 2 aliphatic heterocycles. The summed E-state index contributed by atoms with van der Waals surface area (Å²) in [5.74, 6) is -0.477. The van der Waals surface area contributed by atoms with Crippen LogP contribution in [0.25, 0.3) is 21.8 Å². The molecule has 1 saturated carbocycles. The monoisotopic (exact) mass is 496 g/mol. The van der Waals surface area contributed by atoms with Crippen LogP contribution in [0, 0.1) is 5.92 Å². The summed E-state index contributed by atoms with van der Waals surface area (Å²) in [6, 6.07) is 14.2. The van der Waals surface area contributed by atoms with Crippen LogP contribution in [0.5, 0.6) is 0 Å². The average molecular weight is 497 g/mol. The van der Waals surface area contributed by atoms with Crippen molar-refractivity contribution in [2.75, 3.05) is 6.54 Å². The zero-order valence-corrected chi connectivity index (χ0v) is 21.3. The van der Waals surface area contributed by atoms with Crippen molar-refractivity contribution >= 4 is 33.6 Å². The van der Waals surface area contributed by atoms with Crippen LogP contribution in [0.3, 0.4) is 0 Å². The zero-order valence-electron chi connectivity index (χ0n) is 21.3. The number of rotatable bonds is 4. The summed E-state index contributed by atoms with van der Waals surface area (Å²) in [5, 5.41) is 4.68. The molecule has 2 aromatic carbocycles. The Balaban J connectivity index is 0.000000239. The minimum absolute atomic E-state index is 0.205. The van der Waals surface area contributed by atoms with Crippen molar-refractivity contribution in [1.29, 1.82) is 0 Å². The molecule has 4 N–H and O–H groups in total. The van der Waals surface area contributed by atoms with Gasteiger partial charge in [-0.25, -0.2) is 0 Å². The first-order valence-electron chi connectivity index (χ1n) is 13.9. The van der Waals surface area contributed by atoms with Crippen molar-refractivity contribution in [1.82, 2.24) is 14.9 Å². The summed E-state index contributed by atoms with van der Waals surface area (Å²) in [6.45, 7) is 1.85. The van der Waals surface area contributed by atoms with Crippen LogP contribution in [0.4, 0.5) is 0 Å². The molecule has 2 amide bonds. The molecule has 0 spiro atoms. The van der Waals surface area contributed by atoms with Gasteiger partial charge in [-0.3, -0.25) is 14.9 Å². The van der Waals surface area contributed by atoms with Gasteiger partial charge in [0.1, 0.15) is 0 Å². The summed E-state index contributed by atoms with van der Waals surface area (Å²) < 4.78 is 2.26. The summed E-state index contributed by atoms with van der Waals surface area (Å²) >= 11 is 0. The maximum Gasteiger partial charge on any atom is 0.235 e. The highest BCUT2D eigenvalue weighted by Gasteiger charge is 2.45. The van der Waals surface area contributed by atoms with Crippen LogP contribution in [-0.2, 0) is 22.6 Å². The van der Waals surface area contributed by atoms with Gasteiger partial charge in [-0.1, -0.05) is 68.5 Å². The number of carbonyl (C=O) groups is 2. The van der Waals surface area contributed by atoms with Crippen molar-refractivity contribution in [3.8, 4) is 0 Å². The zero-order chi connectivity index (χ0) is 25.4. The van der Waals surface area contributed by atoms with E-state index < -0.39 is 11.8 Å². The molecule has 3 aliphatic rings. The van der Waals surface area contributed by atoms with E-state index in [1.807, 2.05) is 30.5 Å². The summed E-state index contributed by atoms with van der Waals surface area (Å²) in [6.07, 6.45) is 14.6. The number of aromatic nitrogens is 2. The van der Waals surface area contributed by atoms with Crippen LogP contribution in [-0.4, -0.2) is 27.9 Å². The van der Waals surface area contributed by atoms with Crippen LogP contribution >= 0.6 is 0 Å². The van der Waals surface area contributed by atoms with Gasteiger partial charge in [-0.15, -0.1) is 0 Å². The predicted molar refractivity (Wildman–Crippen MR) is 147 cm³/mol. The molecule has 0 radical (unpaired) electrons. The minimum Gasteiger partial charge on any atom is -0.361 e. The number of imide groups is 1. The molecule has 1 saturated heterocycles. The van der Waals surface area contributed by atoms with Gasteiger partial charge in [-0.2, -0.15) is 0 Å².